The molecule has 0 atom stereocenters. The van der Waals surface area contributed by atoms with Gasteiger partial charge in [-0.05, 0) is 30.3 Å². The van der Waals surface area contributed by atoms with E-state index in [1.54, 1.807) is 47.4 Å². The summed E-state index contributed by atoms with van der Waals surface area (Å²) in [6, 6.07) is 12.2. The van der Waals surface area contributed by atoms with Crippen LogP contribution >= 0.6 is 23.2 Å². The van der Waals surface area contributed by atoms with Gasteiger partial charge in [0.2, 0.25) is 0 Å². The summed E-state index contributed by atoms with van der Waals surface area (Å²) in [4.78, 5) is 19.8. The molecular weight excluding hydrogens is 452 g/mol. The van der Waals surface area contributed by atoms with Crippen LogP contribution in [-0.4, -0.2) is 42.1 Å². The van der Waals surface area contributed by atoms with Crippen molar-refractivity contribution in [1.82, 2.24) is 9.88 Å². The number of carbonyl (C=O) groups excluding carboxylic acids is 1. The van der Waals surface area contributed by atoms with Gasteiger partial charge in [-0.25, -0.2) is 9.78 Å². The fourth-order valence-electron chi connectivity index (χ4n) is 3.54. The molecule has 5 nitrogen and oxygen atoms in total. The maximum atomic E-state index is 13.3. The third-order valence-corrected chi connectivity index (χ3v) is 5.44. The number of hydrogen-bond acceptors (Lipinski definition) is 3. The van der Waals surface area contributed by atoms with E-state index in [0.717, 1.165) is 6.07 Å². The highest BCUT2D eigenvalue weighted by Crippen LogP contribution is 2.35. The van der Waals surface area contributed by atoms with Gasteiger partial charge in [0, 0.05) is 53.0 Å². The molecule has 1 aliphatic heterocycles. The number of pyridine rings is 1. The number of piperazine rings is 1. The van der Waals surface area contributed by atoms with E-state index in [1.165, 1.54) is 0 Å². The molecule has 0 aliphatic carbocycles. The number of aromatic nitrogens is 1. The molecule has 1 aliphatic rings. The first kappa shape index (κ1) is 21.5. The number of para-hydroxylation sites is 1. The molecule has 0 radical (unpaired) electrons. The Kier molecular flexibility index (Phi) is 5.85. The van der Waals surface area contributed by atoms with Crippen molar-refractivity contribution in [3.05, 3.63) is 64.3 Å². The summed E-state index contributed by atoms with van der Waals surface area (Å²) >= 11 is 11.9. The van der Waals surface area contributed by atoms with Gasteiger partial charge >= 0.3 is 12.2 Å². The molecule has 162 valence electrons. The number of fused-ring (bicyclic) bond motifs is 1. The Morgan fingerprint density at radius 1 is 0.968 bits per heavy atom. The molecular formula is C21H17Cl2F3N4O. The Balaban J connectivity index is 1.51. The van der Waals surface area contributed by atoms with E-state index in [0.29, 0.717) is 53.0 Å². The lowest BCUT2D eigenvalue weighted by atomic mass is 10.1. The second-order valence-electron chi connectivity index (χ2n) is 7.10. The Labute approximate surface area is 186 Å². The largest absolute Gasteiger partial charge is 0.433 e. The SMILES string of the molecule is O=C(Nc1cc(Cl)cc(Cl)c1)N1CCN(c2cc(C(F)(F)F)nc3ccccc23)CC1. The molecule has 31 heavy (non-hydrogen) atoms. The first-order chi connectivity index (χ1) is 14.7. The van der Waals surface area contributed by atoms with Gasteiger partial charge < -0.3 is 15.1 Å². The van der Waals surface area contributed by atoms with Crippen molar-refractivity contribution in [2.24, 2.45) is 0 Å². The topological polar surface area (TPSA) is 48.5 Å². The molecule has 2 amide bonds. The Hall–Kier alpha value is -2.71. The second-order valence-corrected chi connectivity index (χ2v) is 7.98. The average molecular weight is 469 g/mol. The summed E-state index contributed by atoms with van der Waals surface area (Å²) in [5, 5.41) is 4.19. The van der Waals surface area contributed by atoms with Crippen LogP contribution in [0, 0.1) is 0 Å². The highest BCUT2D eigenvalue weighted by molar-refractivity contribution is 6.35. The number of amides is 2. The molecule has 1 fully saturated rings. The third kappa shape index (κ3) is 4.80. The number of anilines is 2. The summed E-state index contributed by atoms with van der Waals surface area (Å²) in [5.74, 6) is 0. The summed E-state index contributed by atoms with van der Waals surface area (Å²) in [6.07, 6.45) is -4.54. The molecule has 3 aromatic rings. The van der Waals surface area contributed by atoms with Crippen molar-refractivity contribution in [2.75, 3.05) is 36.4 Å². The molecule has 1 saturated heterocycles. The van der Waals surface area contributed by atoms with Crippen molar-refractivity contribution < 1.29 is 18.0 Å². The van der Waals surface area contributed by atoms with Crippen LogP contribution in [-0.2, 0) is 6.18 Å². The van der Waals surface area contributed by atoms with Crippen LogP contribution in [0.25, 0.3) is 10.9 Å². The van der Waals surface area contributed by atoms with Crippen LogP contribution in [0.3, 0.4) is 0 Å². The zero-order valence-corrected chi connectivity index (χ0v) is 17.6. The lowest BCUT2D eigenvalue weighted by Gasteiger charge is -2.36. The van der Waals surface area contributed by atoms with Crippen molar-refractivity contribution in [3.63, 3.8) is 0 Å². The molecule has 2 heterocycles. The molecule has 0 saturated carbocycles. The molecule has 2 aromatic carbocycles. The highest BCUT2D eigenvalue weighted by atomic mass is 35.5. The molecule has 1 N–H and O–H groups in total. The van der Waals surface area contributed by atoms with Crippen LogP contribution in [0.1, 0.15) is 5.69 Å². The normalized spacial score (nSPS) is 14.7. The van der Waals surface area contributed by atoms with Gasteiger partial charge in [0.1, 0.15) is 5.69 Å². The van der Waals surface area contributed by atoms with Crippen molar-refractivity contribution in [3.8, 4) is 0 Å². The van der Waals surface area contributed by atoms with Crippen molar-refractivity contribution in [1.29, 1.82) is 0 Å². The monoisotopic (exact) mass is 468 g/mol. The first-order valence-corrected chi connectivity index (χ1v) is 10.2. The maximum absolute atomic E-state index is 13.3. The zero-order chi connectivity index (χ0) is 22.2. The molecule has 0 spiro atoms. The van der Waals surface area contributed by atoms with Gasteiger partial charge in [0.25, 0.3) is 0 Å². The van der Waals surface area contributed by atoms with Gasteiger partial charge in [-0.1, -0.05) is 41.4 Å². The van der Waals surface area contributed by atoms with Crippen molar-refractivity contribution in [2.45, 2.75) is 6.18 Å². The standard InChI is InChI=1S/C21H17Cl2F3N4O/c22-13-9-14(23)11-15(10-13)27-20(31)30-7-5-29(6-8-30)18-12-19(21(24,25)26)28-17-4-2-1-3-16(17)18/h1-4,9-12H,5-8H2,(H,27,31). The van der Waals surface area contributed by atoms with Gasteiger partial charge in [-0.15, -0.1) is 0 Å². The summed E-state index contributed by atoms with van der Waals surface area (Å²) < 4.78 is 40.0. The fourth-order valence-corrected chi connectivity index (χ4v) is 4.07. The summed E-state index contributed by atoms with van der Waals surface area (Å²) in [7, 11) is 0. The minimum absolute atomic E-state index is 0.283. The van der Waals surface area contributed by atoms with Gasteiger partial charge in [0.05, 0.1) is 5.52 Å². The third-order valence-electron chi connectivity index (χ3n) is 5.01. The van der Waals surface area contributed by atoms with E-state index < -0.39 is 11.9 Å². The molecule has 4 rings (SSSR count). The zero-order valence-electron chi connectivity index (χ0n) is 16.1. The van der Waals surface area contributed by atoms with Crippen LogP contribution < -0.4 is 10.2 Å². The van der Waals surface area contributed by atoms with E-state index in [2.05, 4.69) is 10.3 Å². The number of urea groups is 1. The Morgan fingerprint density at radius 3 is 2.26 bits per heavy atom. The molecule has 0 bridgehead atoms. The van der Waals surface area contributed by atoms with E-state index in [-0.39, 0.29) is 11.5 Å². The lowest BCUT2D eigenvalue weighted by Crippen LogP contribution is -2.50. The summed E-state index contributed by atoms with van der Waals surface area (Å²) in [6.45, 7) is 1.46. The van der Waals surface area contributed by atoms with Crippen LogP contribution in [0.2, 0.25) is 10.0 Å². The van der Waals surface area contributed by atoms with Crippen LogP contribution in [0.15, 0.2) is 48.5 Å². The molecule has 0 unspecified atom stereocenters. The number of carbonyl (C=O) groups is 1. The number of hydrogen-bond donors (Lipinski definition) is 1. The van der Waals surface area contributed by atoms with Gasteiger partial charge in [0.15, 0.2) is 0 Å². The van der Waals surface area contributed by atoms with E-state index in [1.807, 2.05) is 4.90 Å². The van der Waals surface area contributed by atoms with E-state index >= 15 is 0 Å². The maximum Gasteiger partial charge on any atom is 0.433 e. The number of rotatable bonds is 2. The first-order valence-electron chi connectivity index (χ1n) is 9.45. The summed E-state index contributed by atoms with van der Waals surface area (Å²) in [5.41, 5.74) is 0.282. The number of halogens is 5. The lowest BCUT2D eigenvalue weighted by molar-refractivity contribution is -0.140. The average Bonchev–Trinajstić information content (AvgIpc) is 2.71. The number of alkyl halides is 3. The predicted octanol–water partition coefficient (Wildman–Crippen LogP) is 5.91. The Bertz CT molecular complexity index is 1110. The fraction of sp³-hybridized carbons (Fsp3) is 0.238. The number of benzene rings is 2. The van der Waals surface area contributed by atoms with Crippen LogP contribution in [0.4, 0.5) is 29.3 Å². The van der Waals surface area contributed by atoms with Gasteiger partial charge in [-0.2, -0.15) is 13.2 Å². The van der Waals surface area contributed by atoms with Crippen LogP contribution in [0.5, 0.6) is 0 Å². The highest BCUT2D eigenvalue weighted by Gasteiger charge is 2.34. The Morgan fingerprint density at radius 2 is 1.61 bits per heavy atom. The van der Waals surface area contributed by atoms with E-state index in [4.69, 9.17) is 23.2 Å². The molecule has 1 aromatic heterocycles. The minimum atomic E-state index is -4.54. The smallest absolute Gasteiger partial charge is 0.367 e. The van der Waals surface area contributed by atoms with E-state index in [9.17, 15) is 18.0 Å². The predicted molar refractivity (Wildman–Crippen MR) is 116 cm³/mol. The quantitative estimate of drug-likeness (QED) is 0.508. The second kappa shape index (κ2) is 8.43. The molecule has 10 heteroatoms. The minimum Gasteiger partial charge on any atom is -0.367 e. The van der Waals surface area contributed by atoms with Gasteiger partial charge in [-0.3, -0.25) is 0 Å². The number of nitrogens with one attached hydrogen (secondary N) is 1. The van der Waals surface area contributed by atoms with Crippen molar-refractivity contribution >= 4 is 51.5 Å². The number of nitrogens with zero attached hydrogens (tertiary/aromatic N) is 3.